The Hall–Kier alpha value is -1.12. The maximum Gasteiger partial charge on any atom is 0.411 e. The molecule has 1 aromatic carbocycles. The quantitative estimate of drug-likeness (QED) is 0.815. The smallest absolute Gasteiger partial charge is 0.371 e. The number of sulfonamides is 1. The van der Waals surface area contributed by atoms with E-state index in [9.17, 15) is 21.6 Å². The van der Waals surface area contributed by atoms with Crippen molar-refractivity contribution in [2.75, 3.05) is 19.8 Å². The lowest BCUT2D eigenvalue weighted by Crippen LogP contribution is -2.29. The first-order valence-electron chi connectivity index (χ1n) is 5.42. The molecular weight excluding hydrogens is 283 g/mol. The van der Waals surface area contributed by atoms with Crippen LogP contribution < -0.4 is 4.72 Å². The molecule has 0 radical (unpaired) electrons. The number of benzene rings is 1. The van der Waals surface area contributed by atoms with Gasteiger partial charge in [0.1, 0.15) is 6.61 Å². The Balaban J connectivity index is 2.47. The van der Waals surface area contributed by atoms with Crippen molar-refractivity contribution in [1.29, 1.82) is 0 Å². The summed E-state index contributed by atoms with van der Waals surface area (Å²) in [6.07, 6.45) is -4.41. The zero-order chi connectivity index (χ0) is 14.5. The molecule has 0 aliphatic rings. The minimum atomic E-state index is -4.41. The van der Waals surface area contributed by atoms with Gasteiger partial charge in [-0.2, -0.15) is 13.2 Å². The van der Waals surface area contributed by atoms with E-state index in [0.717, 1.165) is 0 Å². The molecule has 1 aromatic rings. The second-order valence-corrected chi connectivity index (χ2v) is 5.57. The van der Waals surface area contributed by atoms with Gasteiger partial charge in [0.15, 0.2) is 0 Å². The van der Waals surface area contributed by atoms with Crippen LogP contribution in [-0.2, 0) is 14.8 Å². The van der Waals surface area contributed by atoms with Gasteiger partial charge in [0.25, 0.3) is 0 Å². The van der Waals surface area contributed by atoms with Crippen molar-refractivity contribution in [3.63, 3.8) is 0 Å². The molecule has 0 spiro atoms. The molecule has 0 atom stereocenters. The van der Waals surface area contributed by atoms with Crippen LogP contribution in [0.1, 0.15) is 5.56 Å². The van der Waals surface area contributed by atoms with Crippen molar-refractivity contribution in [1.82, 2.24) is 4.72 Å². The van der Waals surface area contributed by atoms with Crippen molar-refractivity contribution in [3.8, 4) is 0 Å². The lowest BCUT2D eigenvalue weighted by atomic mass is 10.2. The van der Waals surface area contributed by atoms with E-state index in [-0.39, 0.29) is 18.0 Å². The fourth-order valence-electron chi connectivity index (χ4n) is 1.37. The summed E-state index contributed by atoms with van der Waals surface area (Å²) in [5.41, 5.74) is 0.561. The van der Waals surface area contributed by atoms with Crippen LogP contribution in [0.5, 0.6) is 0 Å². The first-order chi connectivity index (χ1) is 8.72. The predicted octanol–water partition coefficient (Wildman–Crippen LogP) is 1.85. The Bertz CT molecular complexity index is 514. The molecule has 0 aromatic heterocycles. The molecule has 0 amide bonds. The predicted molar refractivity (Wildman–Crippen MR) is 63.2 cm³/mol. The third-order valence-electron chi connectivity index (χ3n) is 2.19. The highest BCUT2D eigenvalue weighted by Crippen LogP contribution is 2.15. The Labute approximate surface area is 109 Å². The van der Waals surface area contributed by atoms with Gasteiger partial charge in [-0.3, -0.25) is 0 Å². The van der Waals surface area contributed by atoms with Gasteiger partial charge >= 0.3 is 6.18 Å². The maximum absolute atomic E-state index is 11.8. The number of ether oxygens (including phenoxy) is 1. The van der Waals surface area contributed by atoms with Crippen molar-refractivity contribution >= 4 is 10.0 Å². The lowest BCUT2D eigenvalue weighted by molar-refractivity contribution is -0.173. The second-order valence-electron chi connectivity index (χ2n) is 3.83. The average Bonchev–Trinajstić information content (AvgIpc) is 2.27. The van der Waals surface area contributed by atoms with Crippen molar-refractivity contribution < 1.29 is 26.3 Å². The van der Waals surface area contributed by atoms with E-state index in [4.69, 9.17) is 0 Å². The molecule has 0 saturated heterocycles. The van der Waals surface area contributed by atoms with E-state index in [1.54, 1.807) is 25.1 Å². The van der Waals surface area contributed by atoms with Crippen LogP contribution in [0.4, 0.5) is 13.2 Å². The third-order valence-corrected chi connectivity index (χ3v) is 3.81. The maximum atomic E-state index is 11.8. The highest BCUT2D eigenvalue weighted by Gasteiger charge is 2.27. The Morgan fingerprint density at radius 3 is 2.47 bits per heavy atom. The van der Waals surface area contributed by atoms with E-state index >= 15 is 0 Å². The number of rotatable bonds is 6. The zero-order valence-electron chi connectivity index (χ0n) is 10.2. The summed E-state index contributed by atoms with van der Waals surface area (Å²) >= 11 is 0. The first kappa shape index (κ1) is 15.9. The van der Waals surface area contributed by atoms with Crippen LogP contribution in [0, 0.1) is 6.92 Å². The van der Waals surface area contributed by atoms with Gasteiger partial charge in [-0.1, -0.05) is 18.2 Å². The number of alkyl halides is 3. The minimum Gasteiger partial charge on any atom is -0.371 e. The molecule has 4 nitrogen and oxygen atoms in total. The first-order valence-corrected chi connectivity index (χ1v) is 6.90. The molecular formula is C11H14F3NO3S. The molecule has 0 fully saturated rings. The largest absolute Gasteiger partial charge is 0.411 e. The fourth-order valence-corrected chi connectivity index (χ4v) is 2.63. The molecule has 1 rings (SSSR count). The standard InChI is InChI=1S/C11H14F3NO3S/c1-9-4-2-3-5-10(9)19(16,17)15-6-7-18-8-11(12,13)14/h2-5,15H,6-8H2,1H3. The topological polar surface area (TPSA) is 55.4 Å². The number of aryl methyl sites for hydroxylation is 1. The molecule has 0 unspecified atom stereocenters. The Morgan fingerprint density at radius 2 is 1.89 bits per heavy atom. The summed E-state index contributed by atoms with van der Waals surface area (Å²) in [4.78, 5) is 0.103. The van der Waals surface area contributed by atoms with Crippen LogP contribution in [0.2, 0.25) is 0 Å². The SMILES string of the molecule is Cc1ccccc1S(=O)(=O)NCCOCC(F)(F)F. The van der Waals surface area contributed by atoms with Gasteiger partial charge in [-0.25, -0.2) is 13.1 Å². The molecule has 0 bridgehead atoms. The van der Waals surface area contributed by atoms with Crippen LogP contribution in [0.15, 0.2) is 29.2 Å². The van der Waals surface area contributed by atoms with Crippen LogP contribution in [0.3, 0.4) is 0 Å². The summed E-state index contributed by atoms with van der Waals surface area (Å²) in [6.45, 7) is -0.314. The van der Waals surface area contributed by atoms with Gasteiger partial charge in [-0.05, 0) is 18.6 Å². The lowest BCUT2D eigenvalue weighted by Gasteiger charge is -2.10. The summed E-state index contributed by atoms with van der Waals surface area (Å²) in [6, 6.07) is 6.32. The second kappa shape index (κ2) is 6.36. The summed E-state index contributed by atoms with van der Waals surface area (Å²) in [5.74, 6) is 0. The molecule has 0 heterocycles. The van der Waals surface area contributed by atoms with Crippen LogP contribution >= 0.6 is 0 Å². The highest BCUT2D eigenvalue weighted by molar-refractivity contribution is 7.89. The average molecular weight is 297 g/mol. The van der Waals surface area contributed by atoms with Crippen molar-refractivity contribution in [3.05, 3.63) is 29.8 Å². The number of hydrogen-bond acceptors (Lipinski definition) is 3. The van der Waals surface area contributed by atoms with Gasteiger partial charge in [-0.15, -0.1) is 0 Å². The molecule has 0 saturated carbocycles. The Morgan fingerprint density at radius 1 is 1.26 bits per heavy atom. The number of hydrogen-bond donors (Lipinski definition) is 1. The normalized spacial score (nSPS) is 12.6. The molecule has 1 N–H and O–H groups in total. The molecule has 19 heavy (non-hydrogen) atoms. The van der Waals surface area contributed by atoms with Gasteiger partial charge in [0.05, 0.1) is 11.5 Å². The van der Waals surface area contributed by atoms with E-state index < -0.39 is 22.8 Å². The van der Waals surface area contributed by atoms with Gasteiger partial charge in [0, 0.05) is 6.54 Å². The van der Waals surface area contributed by atoms with Gasteiger partial charge in [0.2, 0.25) is 10.0 Å². The number of nitrogens with one attached hydrogen (secondary N) is 1. The molecule has 8 heteroatoms. The fraction of sp³-hybridized carbons (Fsp3) is 0.455. The summed E-state index contributed by atoms with van der Waals surface area (Å²) in [5, 5.41) is 0. The summed E-state index contributed by atoms with van der Waals surface area (Å²) in [7, 11) is -3.72. The molecule has 0 aliphatic carbocycles. The van der Waals surface area contributed by atoms with Gasteiger partial charge < -0.3 is 4.74 Å². The minimum absolute atomic E-state index is 0.103. The Kier molecular flexibility index (Phi) is 5.33. The van der Waals surface area contributed by atoms with E-state index in [1.165, 1.54) is 6.07 Å². The molecule has 0 aliphatic heterocycles. The molecule has 108 valence electrons. The summed E-state index contributed by atoms with van der Waals surface area (Å²) < 4.78 is 65.5. The van der Waals surface area contributed by atoms with Crippen molar-refractivity contribution in [2.24, 2.45) is 0 Å². The third kappa shape index (κ3) is 5.58. The van der Waals surface area contributed by atoms with E-state index in [0.29, 0.717) is 5.56 Å². The highest BCUT2D eigenvalue weighted by atomic mass is 32.2. The van der Waals surface area contributed by atoms with E-state index in [2.05, 4.69) is 9.46 Å². The van der Waals surface area contributed by atoms with E-state index in [1.807, 2.05) is 0 Å². The van der Waals surface area contributed by atoms with Crippen LogP contribution in [0.25, 0.3) is 0 Å². The van der Waals surface area contributed by atoms with Crippen molar-refractivity contribution in [2.45, 2.75) is 18.0 Å². The zero-order valence-corrected chi connectivity index (χ0v) is 11.0. The number of halogens is 3. The van der Waals surface area contributed by atoms with Crippen LogP contribution in [-0.4, -0.2) is 34.4 Å². The monoisotopic (exact) mass is 297 g/mol.